The fourth-order valence-electron chi connectivity index (χ4n) is 3.77. The maximum absolute atomic E-state index is 12.6. The molecule has 2 fully saturated rings. The molecule has 0 bridgehead atoms. The van der Waals surface area contributed by atoms with Gasteiger partial charge in [0.1, 0.15) is 5.75 Å². The Kier molecular flexibility index (Phi) is 3.45. The van der Waals surface area contributed by atoms with Crippen LogP contribution in [0.15, 0.2) is 18.2 Å². The van der Waals surface area contributed by atoms with Crippen LogP contribution in [0.25, 0.3) is 0 Å². The van der Waals surface area contributed by atoms with E-state index < -0.39 is 5.60 Å². The average molecular weight is 301 g/mol. The zero-order chi connectivity index (χ0) is 15.0. The van der Waals surface area contributed by atoms with E-state index in [1.165, 1.54) is 6.42 Å². The topological polar surface area (TPSA) is 53.6 Å². The minimum atomic E-state index is -0.623. The van der Waals surface area contributed by atoms with Crippen molar-refractivity contribution in [2.24, 2.45) is 0 Å². The molecule has 2 N–H and O–H groups in total. The summed E-state index contributed by atoms with van der Waals surface area (Å²) >= 11 is 0. The van der Waals surface area contributed by atoms with E-state index in [2.05, 4.69) is 21.6 Å². The zero-order valence-electron chi connectivity index (χ0n) is 12.9. The summed E-state index contributed by atoms with van der Waals surface area (Å²) in [4.78, 5) is 14.9. The molecule has 2 heterocycles. The molecule has 5 heteroatoms. The summed E-state index contributed by atoms with van der Waals surface area (Å²) in [5.74, 6) is 0.859. The van der Waals surface area contributed by atoms with Crippen molar-refractivity contribution >= 4 is 17.3 Å². The quantitative estimate of drug-likeness (QED) is 0.834. The number of carbonyl (C=O) groups is 1. The molecule has 118 valence electrons. The predicted molar refractivity (Wildman–Crippen MR) is 86.6 cm³/mol. The Labute approximate surface area is 131 Å². The van der Waals surface area contributed by atoms with Gasteiger partial charge in [0.25, 0.3) is 5.91 Å². The van der Waals surface area contributed by atoms with Crippen molar-refractivity contribution in [3.05, 3.63) is 18.2 Å². The Morgan fingerprint density at radius 2 is 1.86 bits per heavy atom. The number of ether oxygens (including phenoxy) is 1. The number of nitrogens with one attached hydrogen (secondary N) is 2. The zero-order valence-corrected chi connectivity index (χ0v) is 12.9. The van der Waals surface area contributed by atoms with Gasteiger partial charge in [-0.05, 0) is 43.9 Å². The Morgan fingerprint density at radius 1 is 1.09 bits per heavy atom. The van der Waals surface area contributed by atoms with E-state index in [9.17, 15) is 4.79 Å². The molecule has 1 aliphatic carbocycles. The van der Waals surface area contributed by atoms with Gasteiger partial charge in [-0.1, -0.05) is 6.42 Å². The molecule has 0 unspecified atom stereocenters. The first kappa shape index (κ1) is 13.9. The number of anilines is 2. The van der Waals surface area contributed by atoms with E-state index >= 15 is 0 Å². The number of benzene rings is 1. The smallest absolute Gasteiger partial charge is 0.268 e. The molecular formula is C17H23N3O2. The minimum absolute atomic E-state index is 0.0390. The van der Waals surface area contributed by atoms with Gasteiger partial charge in [0.05, 0.1) is 5.69 Å². The standard InChI is InChI=1S/C17H23N3O2/c21-16-17(6-2-1-3-7-17)22-15-5-4-13(12-14(15)19-16)20-10-8-18-9-11-20/h4-5,12,18H,1-3,6-11H2,(H,19,21). The molecule has 1 saturated heterocycles. The second-order valence-electron chi connectivity index (χ2n) is 6.53. The number of nitrogens with zero attached hydrogens (tertiary/aromatic N) is 1. The molecule has 0 aromatic heterocycles. The minimum Gasteiger partial charge on any atom is -0.475 e. The van der Waals surface area contributed by atoms with Crippen molar-refractivity contribution in [3.8, 4) is 5.75 Å². The van der Waals surface area contributed by atoms with Gasteiger partial charge in [0.15, 0.2) is 5.60 Å². The lowest BCUT2D eigenvalue weighted by Gasteiger charge is -2.40. The monoisotopic (exact) mass is 301 g/mol. The van der Waals surface area contributed by atoms with Crippen LogP contribution in [0.2, 0.25) is 0 Å². The van der Waals surface area contributed by atoms with Gasteiger partial charge in [0, 0.05) is 31.9 Å². The van der Waals surface area contributed by atoms with E-state index in [1.807, 2.05) is 12.1 Å². The number of carbonyl (C=O) groups excluding carboxylic acids is 1. The molecule has 1 aromatic carbocycles. The molecule has 0 atom stereocenters. The molecular weight excluding hydrogens is 278 g/mol. The maximum atomic E-state index is 12.6. The summed E-state index contributed by atoms with van der Waals surface area (Å²) in [6, 6.07) is 6.18. The van der Waals surface area contributed by atoms with Crippen molar-refractivity contribution in [1.82, 2.24) is 5.32 Å². The molecule has 1 aromatic rings. The number of piperazine rings is 1. The van der Waals surface area contributed by atoms with Crippen molar-refractivity contribution in [3.63, 3.8) is 0 Å². The summed E-state index contributed by atoms with van der Waals surface area (Å²) in [6.45, 7) is 4.00. The lowest BCUT2D eigenvalue weighted by molar-refractivity contribution is -0.135. The van der Waals surface area contributed by atoms with Gasteiger partial charge in [-0.2, -0.15) is 0 Å². The summed E-state index contributed by atoms with van der Waals surface area (Å²) in [5, 5.41) is 6.45. The van der Waals surface area contributed by atoms with Gasteiger partial charge in [-0.15, -0.1) is 0 Å². The molecule has 5 nitrogen and oxygen atoms in total. The van der Waals surface area contributed by atoms with Crippen LogP contribution in [0.3, 0.4) is 0 Å². The van der Waals surface area contributed by atoms with Crippen LogP contribution in [-0.2, 0) is 4.79 Å². The molecule has 22 heavy (non-hydrogen) atoms. The molecule has 1 saturated carbocycles. The highest BCUT2D eigenvalue weighted by Gasteiger charge is 2.45. The Hall–Kier alpha value is -1.75. The molecule has 2 aliphatic heterocycles. The third kappa shape index (κ3) is 2.33. The van der Waals surface area contributed by atoms with Crippen molar-refractivity contribution in [2.45, 2.75) is 37.7 Å². The molecule has 0 radical (unpaired) electrons. The second-order valence-corrected chi connectivity index (χ2v) is 6.53. The summed E-state index contributed by atoms with van der Waals surface area (Å²) in [5.41, 5.74) is 1.35. The van der Waals surface area contributed by atoms with Gasteiger partial charge in [-0.25, -0.2) is 0 Å². The highest BCUT2D eigenvalue weighted by molar-refractivity contribution is 6.01. The number of hydrogen-bond acceptors (Lipinski definition) is 4. The molecule has 3 aliphatic rings. The lowest BCUT2D eigenvalue weighted by atomic mass is 9.83. The largest absolute Gasteiger partial charge is 0.475 e. The van der Waals surface area contributed by atoms with E-state index in [1.54, 1.807) is 0 Å². The number of fused-ring (bicyclic) bond motifs is 1. The Bertz CT molecular complexity index is 575. The van der Waals surface area contributed by atoms with Crippen LogP contribution in [0.4, 0.5) is 11.4 Å². The molecule has 1 amide bonds. The van der Waals surface area contributed by atoms with Gasteiger partial charge in [-0.3, -0.25) is 4.79 Å². The van der Waals surface area contributed by atoms with Crippen LogP contribution in [0.1, 0.15) is 32.1 Å². The summed E-state index contributed by atoms with van der Waals surface area (Å²) < 4.78 is 6.17. The Balaban J connectivity index is 1.60. The number of amides is 1. The van der Waals surface area contributed by atoms with Crippen molar-refractivity contribution in [2.75, 3.05) is 36.4 Å². The Morgan fingerprint density at radius 3 is 2.64 bits per heavy atom. The molecule has 1 spiro atoms. The van der Waals surface area contributed by atoms with Crippen molar-refractivity contribution in [1.29, 1.82) is 0 Å². The van der Waals surface area contributed by atoms with Crippen LogP contribution < -0.4 is 20.3 Å². The van der Waals surface area contributed by atoms with E-state index in [4.69, 9.17) is 4.74 Å². The first-order chi connectivity index (χ1) is 10.8. The first-order valence-electron chi connectivity index (χ1n) is 8.37. The number of rotatable bonds is 1. The number of hydrogen-bond donors (Lipinski definition) is 2. The summed E-state index contributed by atoms with van der Waals surface area (Å²) in [7, 11) is 0. The van der Waals surface area contributed by atoms with Crippen LogP contribution >= 0.6 is 0 Å². The predicted octanol–water partition coefficient (Wildman–Crippen LogP) is 2.13. The van der Waals surface area contributed by atoms with E-state index in [0.717, 1.165) is 69.0 Å². The van der Waals surface area contributed by atoms with Crippen LogP contribution in [-0.4, -0.2) is 37.7 Å². The van der Waals surface area contributed by atoms with E-state index in [0.29, 0.717) is 0 Å². The highest BCUT2D eigenvalue weighted by Crippen LogP contribution is 2.42. The average Bonchev–Trinajstić information content (AvgIpc) is 2.57. The van der Waals surface area contributed by atoms with Crippen molar-refractivity contribution < 1.29 is 9.53 Å². The third-order valence-electron chi connectivity index (χ3n) is 5.07. The summed E-state index contributed by atoms with van der Waals surface area (Å²) in [6.07, 6.45) is 5.01. The maximum Gasteiger partial charge on any atom is 0.268 e. The van der Waals surface area contributed by atoms with E-state index in [-0.39, 0.29) is 5.91 Å². The third-order valence-corrected chi connectivity index (χ3v) is 5.07. The van der Waals surface area contributed by atoms with Gasteiger partial charge < -0.3 is 20.3 Å². The molecule has 4 rings (SSSR count). The normalized spacial score (nSPS) is 23.6. The fourth-order valence-corrected chi connectivity index (χ4v) is 3.77. The second kappa shape index (κ2) is 5.47. The van der Waals surface area contributed by atoms with Crippen LogP contribution in [0, 0.1) is 0 Å². The highest BCUT2D eigenvalue weighted by atomic mass is 16.5. The van der Waals surface area contributed by atoms with Gasteiger partial charge in [0.2, 0.25) is 0 Å². The SMILES string of the molecule is O=C1Nc2cc(N3CCNCC3)ccc2OC12CCCCC2. The fraction of sp³-hybridized carbons (Fsp3) is 0.588. The first-order valence-corrected chi connectivity index (χ1v) is 8.37. The lowest BCUT2D eigenvalue weighted by Crippen LogP contribution is -2.52. The van der Waals surface area contributed by atoms with Crippen LogP contribution in [0.5, 0.6) is 5.75 Å². The van der Waals surface area contributed by atoms with Gasteiger partial charge >= 0.3 is 0 Å².